The van der Waals surface area contributed by atoms with Gasteiger partial charge in [0, 0.05) is 0 Å². The van der Waals surface area contributed by atoms with E-state index in [1.165, 1.54) is 0 Å². The summed E-state index contributed by atoms with van der Waals surface area (Å²) in [6, 6.07) is 0. The average Bonchev–Trinajstić information content (AvgIpc) is 2.27. The maximum atomic E-state index is 11.1. The van der Waals surface area contributed by atoms with Crippen molar-refractivity contribution in [3.8, 4) is 0 Å². The number of hydrogen-bond donors (Lipinski definition) is 0. The topological polar surface area (TPSA) is 71.1 Å². The van der Waals surface area contributed by atoms with Gasteiger partial charge in [-0.2, -0.15) is 0 Å². The highest BCUT2D eigenvalue weighted by molar-refractivity contribution is 6.29. The van der Waals surface area contributed by atoms with E-state index in [1.807, 2.05) is 6.92 Å². The predicted octanol–water partition coefficient (Wildman–Crippen LogP) is -0.144. The summed E-state index contributed by atoms with van der Waals surface area (Å²) < 4.78 is 19.2. The summed E-state index contributed by atoms with van der Waals surface area (Å²) in [5.41, 5.74) is 0. The van der Waals surface area contributed by atoms with E-state index >= 15 is 0 Å². The quantitative estimate of drug-likeness (QED) is 0.485. The third kappa shape index (κ3) is 4.26. The molecule has 1 aliphatic rings. The standard InChI is InChI=1S/C9H14O6/c1-2-3-14-8(10)9(11)15-7-4-12-6-13-5-7/h7H,2-6H2,1H3. The van der Waals surface area contributed by atoms with E-state index < -0.39 is 18.0 Å². The normalized spacial score (nSPS) is 17.1. The van der Waals surface area contributed by atoms with Gasteiger partial charge in [-0.25, -0.2) is 9.59 Å². The molecule has 0 unspecified atom stereocenters. The van der Waals surface area contributed by atoms with Crippen LogP contribution in [-0.4, -0.2) is 44.7 Å². The lowest BCUT2D eigenvalue weighted by Crippen LogP contribution is -2.36. The van der Waals surface area contributed by atoms with Gasteiger partial charge < -0.3 is 18.9 Å². The summed E-state index contributed by atoms with van der Waals surface area (Å²) >= 11 is 0. The minimum atomic E-state index is -0.998. The van der Waals surface area contributed by atoms with E-state index in [-0.39, 0.29) is 26.6 Å². The molecule has 6 heteroatoms. The number of esters is 2. The zero-order chi connectivity index (χ0) is 11.1. The summed E-state index contributed by atoms with van der Waals surface area (Å²) in [6.07, 6.45) is 0.134. The molecule has 0 saturated carbocycles. The third-order valence-electron chi connectivity index (χ3n) is 1.65. The minimum Gasteiger partial charge on any atom is -0.457 e. The molecule has 86 valence electrons. The maximum absolute atomic E-state index is 11.1. The van der Waals surface area contributed by atoms with Gasteiger partial charge in [-0.3, -0.25) is 0 Å². The van der Waals surface area contributed by atoms with Crippen molar-refractivity contribution in [2.24, 2.45) is 0 Å². The fourth-order valence-electron chi connectivity index (χ4n) is 0.987. The van der Waals surface area contributed by atoms with E-state index in [2.05, 4.69) is 4.74 Å². The van der Waals surface area contributed by atoms with Crippen molar-refractivity contribution >= 4 is 11.9 Å². The predicted molar refractivity (Wildman–Crippen MR) is 47.9 cm³/mol. The van der Waals surface area contributed by atoms with Crippen LogP contribution in [0.3, 0.4) is 0 Å². The zero-order valence-electron chi connectivity index (χ0n) is 8.56. The summed E-state index contributed by atoms with van der Waals surface area (Å²) in [7, 11) is 0. The molecule has 0 spiro atoms. The second-order valence-electron chi connectivity index (χ2n) is 3.02. The van der Waals surface area contributed by atoms with E-state index in [0.717, 1.165) is 0 Å². The van der Waals surface area contributed by atoms with Crippen molar-refractivity contribution in [3.05, 3.63) is 0 Å². The van der Waals surface area contributed by atoms with Crippen molar-refractivity contribution in [2.45, 2.75) is 19.4 Å². The first kappa shape index (κ1) is 11.9. The largest absolute Gasteiger partial charge is 0.457 e. The smallest absolute Gasteiger partial charge is 0.417 e. The lowest BCUT2D eigenvalue weighted by atomic mass is 10.4. The Morgan fingerprint density at radius 3 is 2.53 bits per heavy atom. The second-order valence-corrected chi connectivity index (χ2v) is 3.02. The maximum Gasteiger partial charge on any atom is 0.417 e. The average molecular weight is 218 g/mol. The lowest BCUT2D eigenvalue weighted by molar-refractivity contribution is -0.191. The molecule has 0 bridgehead atoms. The molecular formula is C9H14O6. The Labute approximate surface area is 87.4 Å². The van der Waals surface area contributed by atoms with Crippen LogP contribution in [0.5, 0.6) is 0 Å². The Morgan fingerprint density at radius 2 is 1.93 bits per heavy atom. The fraction of sp³-hybridized carbons (Fsp3) is 0.778. The van der Waals surface area contributed by atoms with Crippen LogP contribution >= 0.6 is 0 Å². The minimum absolute atomic E-state index is 0.189. The second kappa shape index (κ2) is 6.36. The number of ether oxygens (including phenoxy) is 4. The van der Waals surface area contributed by atoms with Crippen LogP contribution in [0.2, 0.25) is 0 Å². The van der Waals surface area contributed by atoms with Gasteiger partial charge in [-0.05, 0) is 6.42 Å². The van der Waals surface area contributed by atoms with Crippen molar-refractivity contribution in [1.82, 2.24) is 0 Å². The molecule has 0 aromatic heterocycles. The highest BCUT2D eigenvalue weighted by Crippen LogP contribution is 2.02. The Bertz CT molecular complexity index is 221. The van der Waals surface area contributed by atoms with Crippen LogP contribution in [0.15, 0.2) is 0 Å². The Morgan fingerprint density at radius 1 is 1.27 bits per heavy atom. The summed E-state index contributed by atoms with van der Waals surface area (Å²) in [5.74, 6) is -1.97. The summed E-state index contributed by atoms with van der Waals surface area (Å²) in [5, 5.41) is 0. The van der Waals surface area contributed by atoms with Crippen molar-refractivity contribution in [3.63, 3.8) is 0 Å². The SMILES string of the molecule is CCCOC(=O)C(=O)OC1COCOC1. The van der Waals surface area contributed by atoms with Gasteiger partial charge in [-0.15, -0.1) is 0 Å². The van der Waals surface area contributed by atoms with E-state index in [9.17, 15) is 9.59 Å². The monoisotopic (exact) mass is 218 g/mol. The molecule has 0 aromatic carbocycles. The van der Waals surface area contributed by atoms with Gasteiger partial charge in [0.2, 0.25) is 0 Å². The molecule has 0 radical (unpaired) electrons. The van der Waals surface area contributed by atoms with Gasteiger partial charge in [0.05, 0.1) is 19.8 Å². The first-order chi connectivity index (χ1) is 7.24. The van der Waals surface area contributed by atoms with Crippen LogP contribution in [0.4, 0.5) is 0 Å². The number of rotatable bonds is 3. The molecule has 0 atom stereocenters. The van der Waals surface area contributed by atoms with Crippen LogP contribution in [0.1, 0.15) is 13.3 Å². The van der Waals surface area contributed by atoms with Gasteiger partial charge in [-0.1, -0.05) is 6.92 Å². The van der Waals surface area contributed by atoms with Gasteiger partial charge in [0.1, 0.15) is 12.9 Å². The number of carbonyl (C=O) groups is 2. The van der Waals surface area contributed by atoms with Gasteiger partial charge in [0.25, 0.3) is 0 Å². The molecule has 0 aliphatic carbocycles. The molecule has 6 nitrogen and oxygen atoms in total. The Balaban J connectivity index is 2.24. The van der Waals surface area contributed by atoms with E-state index in [1.54, 1.807) is 0 Å². The van der Waals surface area contributed by atoms with Crippen LogP contribution in [-0.2, 0) is 28.5 Å². The van der Waals surface area contributed by atoms with Crippen molar-refractivity contribution in [1.29, 1.82) is 0 Å². The van der Waals surface area contributed by atoms with E-state index in [0.29, 0.717) is 6.42 Å². The first-order valence-electron chi connectivity index (χ1n) is 4.77. The molecule has 1 fully saturated rings. The lowest BCUT2D eigenvalue weighted by Gasteiger charge is -2.21. The molecule has 15 heavy (non-hydrogen) atoms. The van der Waals surface area contributed by atoms with E-state index in [4.69, 9.17) is 14.2 Å². The molecule has 1 rings (SSSR count). The van der Waals surface area contributed by atoms with Crippen molar-refractivity contribution in [2.75, 3.05) is 26.6 Å². The highest BCUT2D eigenvalue weighted by atomic mass is 16.7. The molecule has 1 aliphatic heterocycles. The zero-order valence-corrected chi connectivity index (χ0v) is 8.56. The molecule has 0 amide bonds. The Kier molecular flexibility index (Phi) is 5.06. The summed E-state index contributed by atoms with van der Waals surface area (Å²) in [6.45, 7) is 2.72. The fourth-order valence-corrected chi connectivity index (χ4v) is 0.987. The molecule has 0 N–H and O–H groups in total. The molecule has 1 saturated heterocycles. The molecule has 1 heterocycles. The number of hydrogen-bond acceptors (Lipinski definition) is 6. The highest BCUT2D eigenvalue weighted by Gasteiger charge is 2.24. The van der Waals surface area contributed by atoms with Crippen LogP contribution in [0, 0.1) is 0 Å². The summed E-state index contributed by atoms with van der Waals surface area (Å²) in [4.78, 5) is 22.1. The Hall–Kier alpha value is -1.14. The third-order valence-corrected chi connectivity index (χ3v) is 1.65. The van der Waals surface area contributed by atoms with Gasteiger partial charge in [0.15, 0.2) is 0 Å². The first-order valence-corrected chi connectivity index (χ1v) is 4.77. The van der Waals surface area contributed by atoms with Crippen LogP contribution < -0.4 is 0 Å². The van der Waals surface area contributed by atoms with Crippen molar-refractivity contribution < 1.29 is 28.5 Å². The van der Waals surface area contributed by atoms with Crippen LogP contribution in [0.25, 0.3) is 0 Å². The molecular weight excluding hydrogens is 204 g/mol. The number of carbonyl (C=O) groups excluding carboxylic acids is 2. The van der Waals surface area contributed by atoms with Gasteiger partial charge >= 0.3 is 11.9 Å². The molecule has 0 aromatic rings.